The Morgan fingerprint density at radius 2 is 1.77 bits per heavy atom. The molecular weight excluding hydrogens is 422 g/mol. The van der Waals surface area contributed by atoms with Crippen LogP contribution < -0.4 is 14.8 Å². The number of morpholine rings is 1. The molecule has 0 aromatic heterocycles. The molecule has 9 nitrogen and oxygen atoms in total. The van der Waals surface area contributed by atoms with Crippen LogP contribution in [0, 0.1) is 5.92 Å². The van der Waals surface area contributed by atoms with Gasteiger partial charge in [-0.3, -0.25) is 9.69 Å². The van der Waals surface area contributed by atoms with Gasteiger partial charge >= 0.3 is 0 Å². The first-order valence-corrected chi connectivity index (χ1v) is 12.4. The average molecular weight is 456 g/mol. The van der Waals surface area contributed by atoms with Crippen LogP contribution in [-0.2, 0) is 19.6 Å². The Kier molecular flexibility index (Phi) is 8.15. The fourth-order valence-electron chi connectivity index (χ4n) is 4.20. The first-order valence-electron chi connectivity index (χ1n) is 10.6. The summed E-state index contributed by atoms with van der Waals surface area (Å²) in [5.41, 5.74) is 1.03. The summed E-state index contributed by atoms with van der Waals surface area (Å²) in [6.45, 7) is 4.10. The van der Waals surface area contributed by atoms with Crippen LogP contribution in [0.4, 0.5) is 0 Å². The number of carbonyl (C=O) groups is 1. The second kappa shape index (κ2) is 10.6. The number of carbonyl (C=O) groups excluding carboxylic acids is 1. The first kappa shape index (κ1) is 23.8. The molecule has 3 rings (SSSR count). The molecule has 31 heavy (non-hydrogen) atoms. The van der Waals surface area contributed by atoms with Gasteiger partial charge in [-0.25, -0.2) is 12.7 Å². The van der Waals surface area contributed by atoms with Crippen molar-refractivity contribution in [2.45, 2.75) is 18.9 Å². The summed E-state index contributed by atoms with van der Waals surface area (Å²) in [5.74, 6) is 1.12. The molecule has 2 fully saturated rings. The second-order valence-electron chi connectivity index (χ2n) is 7.96. The average Bonchev–Trinajstić information content (AvgIpc) is 2.79. The Balaban J connectivity index is 1.67. The van der Waals surface area contributed by atoms with E-state index in [4.69, 9.17) is 14.2 Å². The molecule has 0 saturated carbocycles. The van der Waals surface area contributed by atoms with Crippen LogP contribution in [0.25, 0.3) is 0 Å². The summed E-state index contributed by atoms with van der Waals surface area (Å²) in [6.07, 6.45) is 2.29. The molecular formula is C21H33N3O6S. The standard InChI is InChI=1S/C21H33N3O6S/c1-28-19-5-4-17(14-20(19)29-2)18(23-10-12-30-13-11-23)15-22-21(25)16-6-8-24(9-7-16)31(3,26)27/h4-5,14,16,18H,6-13,15H2,1-3H3,(H,22,25)/t18-/m0/s1. The van der Waals surface area contributed by atoms with Gasteiger partial charge < -0.3 is 19.5 Å². The maximum atomic E-state index is 12.8. The highest BCUT2D eigenvalue weighted by Gasteiger charge is 2.30. The Morgan fingerprint density at radius 3 is 2.35 bits per heavy atom. The van der Waals surface area contributed by atoms with Crippen molar-refractivity contribution in [1.82, 2.24) is 14.5 Å². The highest BCUT2D eigenvalue weighted by molar-refractivity contribution is 7.88. The van der Waals surface area contributed by atoms with Gasteiger partial charge in [0, 0.05) is 38.6 Å². The monoisotopic (exact) mass is 455 g/mol. The van der Waals surface area contributed by atoms with Gasteiger partial charge in [-0.2, -0.15) is 0 Å². The summed E-state index contributed by atoms with van der Waals surface area (Å²) in [6, 6.07) is 5.81. The molecule has 1 aromatic rings. The van der Waals surface area contributed by atoms with E-state index in [9.17, 15) is 13.2 Å². The highest BCUT2D eigenvalue weighted by Crippen LogP contribution is 2.32. The number of nitrogens with zero attached hydrogens (tertiary/aromatic N) is 2. The molecule has 2 saturated heterocycles. The minimum absolute atomic E-state index is 0.0214. The number of hydrogen-bond acceptors (Lipinski definition) is 7. The van der Waals surface area contributed by atoms with Crippen LogP contribution in [0.3, 0.4) is 0 Å². The third-order valence-electron chi connectivity index (χ3n) is 6.04. The van der Waals surface area contributed by atoms with Gasteiger partial charge in [0.15, 0.2) is 11.5 Å². The molecule has 2 aliphatic rings. The smallest absolute Gasteiger partial charge is 0.223 e. The Bertz CT molecular complexity index is 849. The summed E-state index contributed by atoms with van der Waals surface area (Å²) in [4.78, 5) is 15.1. The minimum atomic E-state index is -3.20. The molecule has 2 heterocycles. The second-order valence-corrected chi connectivity index (χ2v) is 9.94. The molecule has 0 bridgehead atoms. The van der Waals surface area contributed by atoms with E-state index in [-0.39, 0.29) is 17.9 Å². The molecule has 0 radical (unpaired) electrons. The predicted molar refractivity (Wildman–Crippen MR) is 117 cm³/mol. The lowest BCUT2D eigenvalue weighted by atomic mass is 9.96. The molecule has 2 aliphatic heterocycles. The maximum Gasteiger partial charge on any atom is 0.223 e. The number of nitrogens with one attached hydrogen (secondary N) is 1. The molecule has 0 aliphatic carbocycles. The highest BCUT2D eigenvalue weighted by atomic mass is 32.2. The Labute approximate surface area is 184 Å². The molecule has 1 aromatic carbocycles. The summed E-state index contributed by atoms with van der Waals surface area (Å²) in [5, 5.41) is 3.11. The van der Waals surface area contributed by atoms with Gasteiger partial charge in [-0.1, -0.05) is 6.07 Å². The van der Waals surface area contributed by atoms with E-state index >= 15 is 0 Å². The van der Waals surface area contributed by atoms with E-state index in [1.807, 2.05) is 18.2 Å². The third-order valence-corrected chi connectivity index (χ3v) is 7.35. The number of piperidine rings is 1. The summed E-state index contributed by atoms with van der Waals surface area (Å²) in [7, 11) is 0.00794. The Hall–Kier alpha value is -1.88. The van der Waals surface area contributed by atoms with Gasteiger partial charge in [-0.15, -0.1) is 0 Å². The largest absolute Gasteiger partial charge is 0.493 e. The predicted octanol–water partition coefficient (Wildman–Crippen LogP) is 0.865. The molecule has 0 spiro atoms. The molecule has 1 N–H and O–H groups in total. The number of methoxy groups -OCH3 is 2. The van der Waals surface area contributed by atoms with Crippen molar-refractivity contribution in [2.24, 2.45) is 5.92 Å². The first-order chi connectivity index (χ1) is 14.8. The lowest BCUT2D eigenvalue weighted by molar-refractivity contribution is -0.126. The van der Waals surface area contributed by atoms with Crippen molar-refractivity contribution in [1.29, 1.82) is 0 Å². The minimum Gasteiger partial charge on any atom is -0.493 e. The van der Waals surface area contributed by atoms with E-state index < -0.39 is 10.0 Å². The van der Waals surface area contributed by atoms with Crippen LogP contribution in [0.5, 0.6) is 11.5 Å². The number of benzene rings is 1. The lowest BCUT2D eigenvalue weighted by Crippen LogP contribution is -2.46. The van der Waals surface area contributed by atoms with Crippen LogP contribution in [0.15, 0.2) is 18.2 Å². The van der Waals surface area contributed by atoms with Crippen molar-refractivity contribution in [3.8, 4) is 11.5 Å². The third kappa shape index (κ3) is 6.09. The molecule has 174 valence electrons. The van der Waals surface area contributed by atoms with E-state index in [0.29, 0.717) is 57.2 Å². The maximum absolute atomic E-state index is 12.8. The van der Waals surface area contributed by atoms with Gasteiger partial charge in [0.1, 0.15) is 0 Å². The van der Waals surface area contributed by atoms with Gasteiger partial charge in [-0.05, 0) is 30.5 Å². The van der Waals surface area contributed by atoms with Crippen LogP contribution in [-0.4, -0.2) is 89.9 Å². The summed E-state index contributed by atoms with van der Waals surface area (Å²) < 4.78 is 41.2. The van der Waals surface area contributed by atoms with Crippen LogP contribution >= 0.6 is 0 Å². The van der Waals surface area contributed by atoms with Crippen molar-refractivity contribution < 1.29 is 27.4 Å². The fraction of sp³-hybridized carbons (Fsp3) is 0.667. The number of rotatable bonds is 8. The number of sulfonamides is 1. The van der Waals surface area contributed by atoms with Crippen LogP contribution in [0.2, 0.25) is 0 Å². The summed E-state index contributed by atoms with van der Waals surface area (Å²) >= 11 is 0. The lowest BCUT2D eigenvalue weighted by Gasteiger charge is -2.36. The van der Waals surface area contributed by atoms with E-state index in [1.54, 1.807) is 14.2 Å². The Morgan fingerprint density at radius 1 is 1.13 bits per heavy atom. The van der Waals surface area contributed by atoms with Crippen molar-refractivity contribution >= 4 is 15.9 Å². The quantitative estimate of drug-likeness (QED) is 0.621. The van der Waals surface area contributed by atoms with Crippen molar-refractivity contribution in [3.05, 3.63) is 23.8 Å². The van der Waals surface area contributed by atoms with E-state index in [0.717, 1.165) is 18.7 Å². The van der Waals surface area contributed by atoms with Crippen molar-refractivity contribution in [3.63, 3.8) is 0 Å². The number of amides is 1. The number of hydrogen-bond donors (Lipinski definition) is 1. The SMILES string of the molecule is COc1ccc([C@H](CNC(=O)C2CCN(S(C)(=O)=O)CC2)N2CCOCC2)cc1OC. The topological polar surface area (TPSA) is 97.4 Å². The molecule has 1 amide bonds. The number of ether oxygens (including phenoxy) is 3. The van der Waals surface area contributed by atoms with E-state index in [2.05, 4.69) is 10.2 Å². The zero-order valence-electron chi connectivity index (χ0n) is 18.5. The zero-order chi connectivity index (χ0) is 22.4. The van der Waals surface area contributed by atoms with Gasteiger partial charge in [0.05, 0.1) is 39.7 Å². The van der Waals surface area contributed by atoms with E-state index in [1.165, 1.54) is 10.6 Å². The fourth-order valence-corrected chi connectivity index (χ4v) is 5.07. The molecule has 0 unspecified atom stereocenters. The van der Waals surface area contributed by atoms with Gasteiger partial charge in [0.25, 0.3) is 0 Å². The van der Waals surface area contributed by atoms with Gasteiger partial charge in [0.2, 0.25) is 15.9 Å². The molecule has 1 atom stereocenters. The zero-order valence-corrected chi connectivity index (χ0v) is 19.3. The van der Waals surface area contributed by atoms with Crippen molar-refractivity contribution in [2.75, 3.05) is 66.4 Å². The van der Waals surface area contributed by atoms with Crippen LogP contribution in [0.1, 0.15) is 24.4 Å². The normalized spacial score (nSPS) is 20.2. The molecule has 10 heteroatoms.